The Balaban J connectivity index is 1.67. The monoisotopic (exact) mass is 371 g/mol. The molecule has 1 N–H and O–H groups in total. The van der Waals surface area contributed by atoms with Gasteiger partial charge >= 0.3 is 0 Å². The van der Waals surface area contributed by atoms with E-state index >= 15 is 0 Å². The Morgan fingerprint density at radius 2 is 1.79 bits per heavy atom. The number of piperazine rings is 1. The van der Waals surface area contributed by atoms with Crippen molar-refractivity contribution < 1.29 is 0 Å². The molecule has 0 bridgehead atoms. The Hall–Kier alpha value is -2.49. The Morgan fingerprint density at radius 1 is 1.00 bits per heavy atom. The van der Waals surface area contributed by atoms with E-state index in [2.05, 4.69) is 89.7 Å². The van der Waals surface area contributed by atoms with E-state index in [1.807, 2.05) is 12.4 Å². The Labute approximate surface area is 168 Å². The predicted molar refractivity (Wildman–Crippen MR) is 116 cm³/mol. The van der Waals surface area contributed by atoms with Gasteiger partial charge in [0.2, 0.25) is 0 Å². The Bertz CT molecular complexity index is 904. The molecular formula is C25H29N3. The van der Waals surface area contributed by atoms with E-state index in [0.717, 1.165) is 26.2 Å². The third-order valence-electron chi connectivity index (χ3n) is 5.70. The largest absolute Gasteiger partial charge is 0.314 e. The van der Waals surface area contributed by atoms with Crippen molar-refractivity contribution in [3.63, 3.8) is 0 Å². The number of aromatic nitrogens is 1. The molecule has 1 aliphatic rings. The lowest BCUT2D eigenvalue weighted by Gasteiger charge is -2.37. The number of rotatable bonds is 5. The first-order valence-corrected chi connectivity index (χ1v) is 10.3. The second kappa shape index (κ2) is 8.68. The molecule has 3 nitrogen and oxygen atoms in total. The van der Waals surface area contributed by atoms with Gasteiger partial charge in [0.05, 0.1) is 0 Å². The molecule has 0 radical (unpaired) electrons. The molecule has 3 heteroatoms. The fraction of sp³-hybridized carbons (Fsp3) is 0.320. The maximum Gasteiger partial charge on any atom is 0.0476 e. The zero-order chi connectivity index (χ0) is 19.3. The highest BCUT2D eigenvalue weighted by atomic mass is 15.2. The van der Waals surface area contributed by atoms with Crippen molar-refractivity contribution in [3.05, 3.63) is 89.7 Å². The molecule has 2 heterocycles. The molecule has 0 amide bonds. The summed E-state index contributed by atoms with van der Waals surface area (Å²) in [6.45, 7) is 8.53. The maximum atomic E-state index is 4.46. The van der Waals surface area contributed by atoms with Crippen LogP contribution in [0.2, 0.25) is 0 Å². The van der Waals surface area contributed by atoms with Gasteiger partial charge in [-0.15, -0.1) is 0 Å². The molecule has 1 saturated heterocycles. The highest BCUT2D eigenvalue weighted by Gasteiger charge is 2.24. The lowest BCUT2D eigenvalue weighted by molar-refractivity contribution is 0.154. The smallest absolute Gasteiger partial charge is 0.0476 e. The lowest BCUT2D eigenvalue weighted by Crippen LogP contribution is -2.45. The van der Waals surface area contributed by atoms with Crippen LogP contribution in [0.15, 0.2) is 73.1 Å². The molecule has 1 aliphatic heterocycles. The summed E-state index contributed by atoms with van der Waals surface area (Å²) >= 11 is 0. The van der Waals surface area contributed by atoms with Gasteiger partial charge in [0.15, 0.2) is 0 Å². The summed E-state index contributed by atoms with van der Waals surface area (Å²) in [7, 11) is 0. The highest BCUT2D eigenvalue weighted by Crippen LogP contribution is 2.33. The molecule has 28 heavy (non-hydrogen) atoms. The summed E-state index contributed by atoms with van der Waals surface area (Å²) in [4.78, 5) is 7.06. The highest BCUT2D eigenvalue weighted by molar-refractivity contribution is 5.70. The number of nitrogens with one attached hydrogen (secondary N) is 1. The molecule has 1 aromatic heterocycles. The first-order chi connectivity index (χ1) is 13.7. The second-order valence-corrected chi connectivity index (χ2v) is 7.88. The van der Waals surface area contributed by atoms with Crippen LogP contribution < -0.4 is 5.32 Å². The summed E-state index contributed by atoms with van der Waals surface area (Å²) in [6, 6.07) is 22.2. The van der Waals surface area contributed by atoms with Crippen molar-refractivity contribution in [1.29, 1.82) is 0 Å². The number of hydrogen-bond donors (Lipinski definition) is 1. The molecule has 1 fully saturated rings. The van der Waals surface area contributed by atoms with Gasteiger partial charge in [0.25, 0.3) is 0 Å². The van der Waals surface area contributed by atoms with E-state index < -0.39 is 0 Å². The molecule has 0 unspecified atom stereocenters. The predicted octanol–water partition coefficient (Wildman–Crippen LogP) is 5.02. The van der Waals surface area contributed by atoms with Crippen LogP contribution >= 0.6 is 0 Å². The van der Waals surface area contributed by atoms with Gasteiger partial charge in [-0.25, -0.2) is 0 Å². The van der Waals surface area contributed by atoms with E-state index in [1.165, 1.54) is 27.8 Å². The average Bonchev–Trinajstić information content (AvgIpc) is 2.75. The van der Waals surface area contributed by atoms with E-state index in [-0.39, 0.29) is 0 Å². The normalized spacial score (nSPS) is 17.8. The Morgan fingerprint density at radius 3 is 2.61 bits per heavy atom. The van der Waals surface area contributed by atoms with Crippen LogP contribution in [0.1, 0.15) is 42.5 Å². The van der Waals surface area contributed by atoms with E-state index in [0.29, 0.717) is 12.0 Å². The van der Waals surface area contributed by atoms with Crippen molar-refractivity contribution in [2.75, 3.05) is 19.6 Å². The summed E-state index contributed by atoms with van der Waals surface area (Å²) < 4.78 is 0. The van der Waals surface area contributed by atoms with Crippen molar-refractivity contribution in [3.8, 4) is 11.1 Å². The first-order valence-electron chi connectivity index (χ1n) is 10.3. The van der Waals surface area contributed by atoms with Gasteiger partial charge in [-0.1, -0.05) is 68.4 Å². The zero-order valence-corrected chi connectivity index (χ0v) is 16.8. The third-order valence-corrected chi connectivity index (χ3v) is 5.70. The third kappa shape index (κ3) is 4.01. The molecule has 144 valence electrons. The summed E-state index contributed by atoms with van der Waals surface area (Å²) in [5.41, 5.74) is 6.69. The Kier molecular flexibility index (Phi) is 5.84. The van der Waals surface area contributed by atoms with Crippen LogP contribution in [0.4, 0.5) is 0 Å². The van der Waals surface area contributed by atoms with Crippen LogP contribution in [-0.4, -0.2) is 29.5 Å². The summed E-state index contributed by atoms with van der Waals surface area (Å²) in [6.07, 6.45) is 3.97. The quantitative estimate of drug-likeness (QED) is 0.683. The fourth-order valence-electron chi connectivity index (χ4n) is 4.21. The number of benzene rings is 2. The van der Waals surface area contributed by atoms with Crippen LogP contribution in [0.25, 0.3) is 11.1 Å². The molecule has 1 atom stereocenters. The van der Waals surface area contributed by atoms with Crippen LogP contribution in [-0.2, 0) is 6.54 Å². The molecule has 0 aliphatic carbocycles. The fourth-order valence-corrected chi connectivity index (χ4v) is 4.21. The molecule has 3 aromatic rings. The van der Waals surface area contributed by atoms with Gasteiger partial charge < -0.3 is 5.32 Å². The second-order valence-electron chi connectivity index (χ2n) is 7.88. The SMILES string of the molecule is CC(C)c1ccccc1-c1cnccc1CN1CCNC[C@H]1c1ccccc1. The lowest BCUT2D eigenvalue weighted by atomic mass is 9.91. The minimum absolute atomic E-state index is 0.399. The molecular weight excluding hydrogens is 342 g/mol. The van der Waals surface area contributed by atoms with Crippen molar-refractivity contribution in [2.45, 2.75) is 32.4 Å². The van der Waals surface area contributed by atoms with Crippen molar-refractivity contribution >= 4 is 0 Å². The molecule has 0 saturated carbocycles. The van der Waals surface area contributed by atoms with Gasteiger partial charge in [-0.05, 0) is 34.2 Å². The molecule has 0 spiro atoms. The topological polar surface area (TPSA) is 28.2 Å². The van der Waals surface area contributed by atoms with E-state index in [1.54, 1.807) is 0 Å². The van der Waals surface area contributed by atoms with E-state index in [4.69, 9.17) is 0 Å². The molecule has 4 rings (SSSR count). The van der Waals surface area contributed by atoms with Gasteiger partial charge in [-0.3, -0.25) is 9.88 Å². The van der Waals surface area contributed by atoms with Gasteiger partial charge in [0.1, 0.15) is 0 Å². The van der Waals surface area contributed by atoms with Gasteiger partial charge in [0, 0.05) is 50.2 Å². The standard InChI is InChI=1S/C25H29N3/c1-19(2)22-10-6-7-11-23(22)24-16-26-13-12-21(24)18-28-15-14-27-17-25(28)20-8-4-3-5-9-20/h3-13,16,19,25,27H,14-15,17-18H2,1-2H3/t25-/m0/s1. The van der Waals surface area contributed by atoms with E-state index in [9.17, 15) is 0 Å². The van der Waals surface area contributed by atoms with Crippen LogP contribution in [0.5, 0.6) is 0 Å². The van der Waals surface area contributed by atoms with Gasteiger partial charge in [-0.2, -0.15) is 0 Å². The zero-order valence-electron chi connectivity index (χ0n) is 16.8. The molecule has 2 aromatic carbocycles. The van der Waals surface area contributed by atoms with Crippen molar-refractivity contribution in [1.82, 2.24) is 15.2 Å². The minimum Gasteiger partial charge on any atom is -0.314 e. The van der Waals surface area contributed by atoms with Crippen LogP contribution in [0, 0.1) is 0 Å². The first kappa shape index (κ1) is 18.9. The average molecular weight is 372 g/mol. The number of hydrogen-bond acceptors (Lipinski definition) is 3. The number of nitrogens with zero attached hydrogens (tertiary/aromatic N) is 2. The summed E-state index contributed by atoms with van der Waals surface area (Å²) in [5.74, 6) is 0.487. The van der Waals surface area contributed by atoms with Crippen molar-refractivity contribution in [2.24, 2.45) is 0 Å². The number of pyridine rings is 1. The summed E-state index contributed by atoms with van der Waals surface area (Å²) in [5, 5.41) is 3.57. The maximum absolute atomic E-state index is 4.46. The van der Waals surface area contributed by atoms with Crippen LogP contribution in [0.3, 0.4) is 0 Å². The minimum atomic E-state index is 0.399.